The van der Waals surface area contributed by atoms with Crippen molar-refractivity contribution in [3.8, 4) is 0 Å². The number of hydrogen-bond donors (Lipinski definition) is 0. The molecule has 1 fully saturated rings. The summed E-state index contributed by atoms with van der Waals surface area (Å²) >= 11 is 0. The fraction of sp³-hybridized carbons (Fsp3) is 0.536. The molecular weight excluding hydrogens is 520 g/mol. The third-order valence-electron chi connectivity index (χ3n) is 7.97. The molecule has 0 aromatic heterocycles. The molecule has 0 N–H and O–H groups in total. The Bertz CT molecular complexity index is 1150. The zero-order valence-electron chi connectivity index (χ0n) is 23.5. The number of nitro benzene ring substituents is 1. The fourth-order valence-electron chi connectivity index (χ4n) is 5.53. The van der Waals surface area contributed by atoms with Crippen molar-refractivity contribution in [3.05, 3.63) is 63.4 Å². The molecular formula is C28H38N2O8Si. The van der Waals surface area contributed by atoms with E-state index in [2.05, 4.69) is 20.8 Å². The molecule has 1 aromatic rings. The Morgan fingerprint density at radius 1 is 1.13 bits per heavy atom. The first-order valence-corrected chi connectivity index (χ1v) is 16.0. The van der Waals surface area contributed by atoms with E-state index in [0.29, 0.717) is 11.1 Å². The number of allylic oxidation sites excluding steroid dienone is 1. The minimum Gasteiger partial charge on any atom is -0.462 e. The average molecular weight is 559 g/mol. The van der Waals surface area contributed by atoms with Crippen LogP contribution in [0.5, 0.6) is 0 Å². The lowest BCUT2D eigenvalue weighted by Crippen LogP contribution is -2.65. The Balaban J connectivity index is 1.84. The van der Waals surface area contributed by atoms with Gasteiger partial charge in [-0.1, -0.05) is 33.8 Å². The number of ether oxygens (including phenoxy) is 2. The molecule has 0 unspecified atom stereocenters. The Morgan fingerprint density at radius 2 is 1.74 bits per heavy atom. The number of benzene rings is 1. The van der Waals surface area contributed by atoms with Crippen LogP contribution in [0, 0.1) is 22.0 Å². The Labute approximate surface area is 230 Å². The predicted molar refractivity (Wildman–Crippen MR) is 147 cm³/mol. The molecule has 0 spiro atoms. The highest BCUT2D eigenvalue weighted by Crippen LogP contribution is 2.49. The second kappa shape index (κ2) is 12.7. The fourth-order valence-corrected chi connectivity index (χ4v) is 8.46. The molecule has 1 saturated heterocycles. The van der Waals surface area contributed by atoms with Crippen LogP contribution in [0.1, 0.15) is 47.1 Å². The van der Waals surface area contributed by atoms with Crippen molar-refractivity contribution in [2.75, 3.05) is 6.61 Å². The molecule has 0 radical (unpaired) electrons. The molecule has 1 amide bonds. The number of nitrogens with zero attached hydrogens (tertiary/aromatic N) is 2. The summed E-state index contributed by atoms with van der Waals surface area (Å²) in [5.74, 6) is -1.80. The van der Waals surface area contributed by atoms with Crippen molar-refractivity contribution >= 4 is 31.9 Å². The van der Waals surface area contributed by atoms with Crippen LogP contribution in [0.4, 0.5) is 5.69 Å². The van der Waals surface area contributed by atoms with Gasteiger partial charge in [-0.2, -0.15) is 0 Å². The standard InChI is InChI=1S/C28H38N2O8Si/c1-7-39(8-2,9-3)38-19(5)24-25-18(4)23(11-10-16-36-20(6)31)26(29(25)27(24)32)28(33)37-17-21-12-14-22(15-13-21)30(34)35/h10-15,18-19,24-25H,7-9,16-17H2,1-6H3/b11-10+/t18-,19+,24+,25+/m0/s1. The molecule has 2 heterocycles. The number of carbonyl (C=O) groups is 3. The van der Waals surface area contributed by atoms with Crippen LogP contribution in [-0.4, -0.2) is 54.7 Å². The summed E-state index contributed by atoms with van der Waals surface area (Å²) in [4.78, 5) is 49.9. The van der Waals surface area contributed by atoms with Gasteiger partial charge < -0.3 is 18.8 Å². The molecule has 11 heteroatoms. The van der Waals surface area contributed by atoms with Crippen molar-refractivity contribution in [3.63, 3.8) is 0 Å². The molecule has 10 nitrogen and oxygen atoms in total. The van der Waals surface area contributed by atoms with Crippen molar-refractivity contribution in [2.24, 2.45) is 11.8 Å². The summed E-state index contributed by atoms with van der Waals surface area (Å²) in [6.07, 6.45) is 3.08. The maximum Gasteiger partial charge on any atom is 0.355 e. The van der Waals surface area contributed by atoms with Crippen LogP contribution in [-0.2, 0) is 34.9 Å². The van der Waals surface area contributed by atoms with Crippen LogP contribution in [0.3, 0.4) is 0 Å². The first-order chi connectivity index (χ1) is 18.5. The molecule has 212 valence electrons. The summed E-state index contributed by atoms with van der Waals surface area (Å²) in [7, 11) is -1.96. The minimum absolute atomic E-state index is 0.0376. The van der Waals surface area contributed by atoms with Crippen LogP contribution >= 0.6 is 0 Å². The molecule has 4 atom stereocenters. The number of amides is 1. The van der Waals surface area contributed by atoms with Gasteiger partial charge in [0, 0.05) is 25.0 Å². The van der Waals surface area contributed by atoms with Gasteiger partial charge in [-0.05, 0) is 54.4 Å². The molecule has 0 aliphatic carbocycles. The lowest BCUT2D eigenvalue weighted by Gasteiger charge is -2.49. The minimum atomic E-state index is -1.96. The van der Waals surface area contributed by atoms with Crippen molar-refractivity contribution < 1.29 is 33.2 Å². The summed E-state index contributed by atoms with van der Waals surface area (Å²) in [6, 6.07) is 8.39. The van der Waals surface area contributed by atoms with E-state index >= 15 is 0 Å². The van der Waals surface area contributed by atoms with Crippen LogP contribution < -0.4 is 0 Å². The predicted octanol–water partition coefficient (Wildman–Crippen LogP) is 4.90. The van der Waals surface area contributed by atoms with Gasteiger partial charge in [0.2, 0.25) is 5.91 Å². The molecule has 2 aliphatic heterocycles. The van der Waals surface area contributed by atoms with E-state index in [-0.39, 0.29) is 54.5 Å². The van der Waals surface area contributed by atoms with E-state index in [9.17, 15) is 24.5 Å². The van der Waals surface area contributed by atoms with Gasteiger partial charge in [-0.25, -0.2) is 4.79 Å². The van der Waals surface area contributed by atoms with Crippen LogP contribution in [0.25, 0.3) is 0 Å². The number of fused-ring (bicyclic) bond motifs is 1. The van der Waals surface area contributed by atoms with E-state index < -0.39 is 25.2 Å². The number of non-ortho nitro benzene ring substituents is 1. The van der Waals surface area contributed by atoms with Gasteiger partial charge in [-0.15, -0.1) is 0 Å². The highest BCUT2D eigenvalue weighted by Gasteiger charge is 2.60. The second-order valence-corrected chi connectivity index (χ2v) is 14.8. The third-order valence-corrected chi connectivity index (χ3v) is 12.7. The lowest BCUT2D eigenvalue weighted by atomic mass is 9.77. The first-order valence-electron chi connectivity index (χ1n) is 13.5. The summed E-state index contributed by atoms with van der Waals surface area (Å²) in [5.41, 5.74) is 1.33. The number of esters is 2. The number of nitro groups is 1. The number of β-lactam (4-membered cyclic amide) rings is 1. The number of rotatable bonds is 13. The van der Waals surface area contributed by atoms with Gasteiger partial charge in [0.15, 0.2) is 8.32 Å². The average Bonchev–Trinajstić information content (AvgIpc) is 3.16. The molecule has 0 saturated carbocycles. The van der Waals surface area contributed by atoms with Crippen LogP contribution in [0.2, 0.25) is 18.1 Å². The summed E-state index contributed by atoms with van der Waals surface area (Å²) < 4.78 is 17.2. The monoisotopic (exact) mass is 558 g/mol. The van der Waals surface area contributed by atoms with Gasteiger partial charge >= 0.3 is 11.9 Å². The lowest BCUT2D eigenvalue weighted by molar-refractivity contribution is -0.384. The van der Waals surface area contributed by atoms with Crippen molar-refractivity contribution in [2.45, 2.75) is 78.4 Å². The van der Waals surface area contributed by atoms with E-state index in [0.717, 1.165) is 18.1 Å². The van der Waals surface area contributed by atoms with Crippen LogP contribution in [0.15, 0.2) is 47.7 Å². The van der Waals surface area contributed by atoms with E-state index in [4.69, 9.17) is 13.9 Å². The molecule has 2 aliphatic rings. The molecule has 0 bridgehead atoms. The number of carbonyl (C=O) groups excluding carboxylic acids is 3. The highest BCUT2D eigenvalue weighted by atomic mass is 28.4. The third kappa shape index (κ3) is 6.30. The smallest absolute Gasteiger partial charge is 0.355 e. The zero-order chi connectivity index (χ0) is 28.9. The van der Waals surface area contributed by atoms with E-state index in [1.165, 1.54) is 36.1 Å². The normalized spacial score (nSPS) is 21.5. The molecule has 3 rings (SSSR count). The van der Waals surface area contributed by atoms with Gasteiger partial charge in [0.1, 0.15) is 18.9 Å². The maximum absolute atomic E-state index is 13.5. The first kappa shape index (κ1) is 30.2. The van der Waals surface area contributed by atoms with Crippen molar-refractivity contribution in [1.82, 2.24) is 4.90 Å². The topological polar surface area (TPSA) is 125 Å². The van der Waals surface area contributed by atoms with E-state index in [1.54, 1.807) is 12.2 Å². The Morgan fingerprint density at radius 3 is 2.28 bits per heavy atom. The Kier molecular flexibility index (Phi) is 9.84. The largest absolute Gasteiger partial charge is 0.462 e. The second-order valence-electron chi connectivity index (χ2n) is 10.1. The van der Waals surface area contributed by atoms with Gasteiger partial charge in [0.25, 0.3) is 5.69 Å². The van der Waals surface area contributed by atoms with Crippen molar-refractivity contribution in [1.29, 1.82) is 0 Å². The Hall–Kier alpha value is -3.31. The van der Waals surface area contributed by atoms with E-state index in [1.807, 2.05) is 13.8 Å². The number of hydrogen-bond acceptors (Lipinski definition) is 8. The maximum atomic E-state index is 13.5. The summed E-state index contributed by atoms with van der Waals surface area (Å²) in [6.45, 7) is 11.6. The zero-order valence-corrected chi connectivity index (χ0v) is 24.5. The van der Waals surface area contributed by atoms with Gasteiger partial charge in [-0.3, -0.25) is 19.7 Å². The summed E-state index contributed by atoms with van der Waals surface area (Å²) in [5, 5.41) is 10.9. The van der Waals surface area contributed by atoms with Gasteiger partial charge in [0.05, 0.1) is 23.0 Å². The SMILES string of the molecule is CC[Si](CC)(CC)O[C@H](C)[C@H]1C(=O)N2C(C(=O)OCc3ccc([N+](=O)[O-])cc3)=C(/C=C/COC(C)=O)[C@H](C)[C@H]12. The highest BCUT2D eigenvalue weighted by molar-refractivity contribution is 6.73. The molecule has 39 heavy (non-hydrogen) atoms. The quantitative estimate of drug-likeness (QED) is 0.110. The molecule has 1 aromatic carbocycles.